The summed E-state index contributed by atoms with van der Waals surface area (Å²) in [5.41, 5.74) is 7.87. The van der Waals surface area contributed by atoms with Crippen molar-refractivity contribution >= 4 is 38.6 Å². The summed E-state index contributed by atoms with van der Waals surface area (Å²) in [7, 11) is 0. The third-order valence-electron chi connectivity index (χ3n) is 6.53. The average Bonchev–Trinajstić information content (AvgIpc) is 3.53. The zero-order chi connectivity index (χ0) is 26.8. The molecule has 4 N–H and O–H groups in total. The SMILES string of the molecule is O=C(Nc1nc2ccc(-c3cc(Cc4ccccc4)nn3Cc3ccc(C(=O)NO)cc3)cc2s1)NC1CC1. The van der Waals surface area contributed by atoms with Gasteiger partial charge >= 0.3 is 6.03 Å². The second kappa shape index (κ2) is 10.7. The zero-order valence-electron chi connectivity index (χ0n) is 20.9. The lowest BCUT2D eigenvalue weighted by Gasteiger charge is -2.09. The number of nitrogens with one attached hydrogen (secondary N) is 3. The van der Waals surface area contributed by atoms with Crippen molar-refractivity contribution in [3.63, 3.8) is 0 Å². The Balaban J connectivity index is 1.30. The van der Waals surface area contributed by atoms with Crippen LogP contribution in [0, 0.1) is 0 Å². The van der Waals surface area contributed by atoms with Crippen LogP contribution in [-0.4, -0.2) is 38.0 Å². The molecule has 0 spiro atoms. The molecule has 2 aromatic heterocycles. The van der Waals surface area contributed by atoms with E-state index < -0.39 is 5.91 Å². The summed E-state index contributed by atoms with van der Waals surface area (Å²) in [5.74, 6) is -0.553. The Hall–Kier alpha value is -4.54. The third kappa shape index (κ3) is 5.82. The normalized spacial score (nSPS) is 12.8. The third-order valence-corrected chi connectivity index (χ3v) is 7.46. The summed E-state index contributed by atoms with van der Waals surface area (Å²) < 4.78 is 2.93. The molecule has 0 bridgehead atoms. The summed E-state index contributed by atoms with van der Waals surface area (Å²) in [6.45, 7) is 0.500. The number of urea groups is 1. The number of rotatable bonds is 8. The molecule has 9 nitrogen and oxygen atoms in total. The standard InChI is InChI=1S/C29H26N6O3S/c36-27(34-38)20-8-6-19(7-9-20)17-35-25(16-23(33-35)14-18-4-2-1-3-5-18)21-10-13-24-26(15-21)39-29(31-24)32-28(37)30-22-11-12-22/h1-10,13,15-16,22,38H,11-12,14,17H2,(H,34,36)(H2,30,31,32,37). The van der Waals surface area contributed by atoms with Crippen LogP contribution in [0.4, 0.5) is 9.93 Å². The summed E-state index contributed by atoms with van der Waals surface area (Å²) in [6.07, 6.45) is 2.75. The van der Waals surface area contributed by atoms with E-state index in [1.54, 1.807) is 17.6 Å². The fourth-order valence-corrected chi connectivity index (χ4v) is 5.30. The van der Waals surface area contributed by atoms with Gasteiger partial charge in [-0.2, -0.15) is 5.10 Å². The van der Waals surface area contributed by atoms with E-state index in [1.807, 2.05) is 47.1 Å². The summed E-state index contributed by atoms with van der Waals surface area (Å²) in [6, 6.07) is 25.5. The molecule has 0 saturated heterocycles. The van der Waals surface area contributed by atoms with Gasteiger partial charge < -0.3 is 5.32 Å². The largest absolute Gasteiger partial charge is 0.335 e. The van der Waals surface area contributed by atoms with Gasteiger partial charge in [0, 0.05) is 23.6 Å². The van der Waals surface area contributed by atoms with Gasteiger partial charge in [-0.25, -0.2) is 15.3 Å². The fraction of sp³-hybridized carbons (Fsp3) is 0.172. The first-order chi connectivity index (χ1) is 19.0. The van der Waals surface area contributed by atoms with Crippen LogP contribution in [0.3, 0.4) is 0 Å². The second-order valence-corrected chi connectivity index (χ2v) is 10.6. The van der Waals surface area contributed by atoms with E-state index in [0.717, 1.165) is 45.6 Å². The van der Waals surface area contributed by atoms with Crippen LogP contribution in [0.15, 0.2) is 78.9 Å². The Kier molecular flexibility index (Phi) is 6.78. The van der Waals surface area contributed by atoms with E-state index in [-0.39, 0.29) is 12.1 Å². The Morgan fingerprint density at radius 3 is 2.51 bits per heavy atom. The molecule has 6 rings (SSSR count). The molecule has 3 amide bonds. The number of hydrogen-bond donors (Lipinski definition) is 4. The molecule has 0 radical (unpaired) electrons. The van der Waals surface area contributed by atoms with Crippen LogP contribution < -0.4 is 16.1 Å². The summed E-state index contributed by atoms with van der Waals surface area (Å²) >= 11 is 1.44. The van der Waals surface area contributed by atoms with Gasteiger partial charge in [-0.15, -0.1) is 0 Å². The van der Waals surface area contributed by atoms with Gasteiger partial charge in [0.05, 0.1) is 28.1 Å². The van der Waals surface area contributed by atoms with E-state index in [2.05, 4.69) is 39.9 Å². The first kappa shape index (κ1) is 24.8. The van der Waals surface area contributed by atoms with Crippen LogP contribution in [0.25, 0.3) is 21.5 Å². The van der Waals surface area contributed by atoms with E-state index in [9.17, 15) is 9.59 Å². The highest BCUT2D eigenvalue weighted by molar-refractivity contribution is 7.22. The first-order valence-electron chi connectivity index (χ1n) is 12.7. The molecule has 39 heavy (non-hydrogen) atoms. The molecule has 0 atom stereocenters. The van der Waals surface area contributed by atoms with Crippen LogP contribution in [-0.2, 0) is 13.0 Å². The Bertz CT molecular complexity index is 1640. The van der Waals surface area contributed by atoms with Crippen molar-refractivity contribution in [2.45, 2.75) is 31.8 Å². The van der Waals surface area contributed by atoms with E-state index in [0.29, 0.717) is 23.7 Å². The summed E-state index contributed by atoms with van der Waals surface area (Å²) in [4.78, 5) is 28.4. The number of hydroxylamine groups is 1. The first-order valence-corrected chi connectivity index (χ1v) is 13.5. The molecule has 10 heteroatoms. The highest BCUT2D eigenvalue weighted by atomic mass is 32.1. The number of nitrogens with zero attached hydrogens (tertiary/aromatic N) is 3. The predicted octanol–water partition coefficient (Wildman–Crippen LogP) is 5.20. The number of carbonyl (C=O) groups is 2. The van der Waals surface area contributed by atoms with Crippen molar-refractivity contribution in [2.75, 3.05) is 5.32 Å². The topological polar surface area (TPSA) is 121 Å². The molecule has 0 aliphatic heterocycles. The van der Waals surface area contributed by atoms with Crippen LogP contribution in [0.5, 0.6) is 0 Å². The van der Waals surface area contributed by atoms with Crippen molar-refractivity contribution in [3.05, 3.63) is 101 Å². The van der Waals surface area contributed by atoms with Crippen molar-refractivity contribution in [1.29, 1.82) is 0 Å². The Morgan fingerprint density at radius 2 is 1.77 bits per heavy atom. The minimum absolute atomic E-state index is 0.220. The highest BCUT2D eigenvalue weighted by Gasteiger charge is 2.23. The predicted molar refractivity (Wildman–Crippen MR) is 150 cm³/mol. The van der Waals surface area contributed by atoms with Crippen molar-refractivity contribution in [1.82, 2.24) is 25.6 Å². The molecule has 1 fully saturated rings. The van der Waals surface area contributed by atoms with Gasteiger partial charge in [0.1, 0.15) is 0 Å². The molecule has 0 unspecified atom stereocenters. The van der Waals surface area contributed by atoms with Gasteiger partial charge in [0.2, 0.25) is 0 Å². The maximum atomic E-state index is 12.2. The van der Waals surface area contributed by atoms with E-state index >= 15 is 0 Å². The quantitative estimate of drug-likeness (QED) is 0.160. The zero-order valence-corrected chi connectivity index (χ0v) is 21.7. The lowest BCUT2D eigenvalue weighted by atomic mass is 10.1. The van der Waals surface area contributed by atoms with Gasteiger partial charge in [-0.05, 0) is 54.3 Å². The number of benzene rings is 3. The number of anilines is 1. The minimum Gasteiger partial charge on any atom is -0.335 e. The Labute approximate surface area is 228 Å². The Morgan fingerprint density at radius 1 is 0.974 bits per heavy atom. The lowest BCUT2D eigenvalue weighted by molar-refractivity contribution is 0.0706. The lowest BCUT2D eigenvalue weighted by Crippen LogP contribution is -2.30. The number of thiazole rings is 1. The number of fused-ring (bicyclic) bond motifs is 1. The molecule has 3 aromatic carbocycles. The average molecular weight is 539 g/mol. The number of carbonyl (C=O) groups excluding carboxylic acids is 2. The van der Waals surface area contributed by atoms with E-state index in [4.69, 9.17) is 10.3 Å². The monoisotopic (exact) mass is 538 g/mol. The van der Waals surface area contributed by atoms with Crippen LogP contribution in [0.2, 0.25) is 0 Å². The molecule has 1 aliphatic rings. The molecule has 1 saturated carbocycles. The van der Waals surface area contributed by atoms with Gasteiger partial charge in [-0.3, -0.25) is 20.0 Å². The van der Waals surface area contributed by atoms with Crippen molar-refractivity contribution in [2.24, 2.45) is 0 Å². The number of aromatic nitrogens is 3. The fourth-order valence-electron chi connectivity index (χ4n) is 4.40. The van der Waals surface area contributed by atoms with Gasteiger partial charge in [0.15, 0.2) is 5.13 Å². The van der Waals surface area contributed by atoms with Gasteiger partial charge in [-0.1, -0.05) is 59.9 Å². The van der Waals surface area contributed by atoms with E-state index in [1.165, 1.54) is 16.9 Å². The molecule has 2 heterocycles. The maximum Gasteiger partial charge on any atom is 0.321 e. The van der Waals surface area contributed by atoms with Crippen molar-refractivity contribution < 1.29 is 14.8 Å². The molecular formula is C29H26N6O3S. The number of amides is 3. The van der Waals surface area contributed by atoms with Crippen molar-refractivity contribution in [3.8, 4) is 11.3 Å². The molecular weight excluding hydrogens is 512 g/mol. The molecule has 5 aromatic rings. The number of hydrogen-bond acceptors (Lipinski definition) is 6. The maximum absolute atomic E-state index is 12.2. The van der Waals surface area contributed by atoms with Crippen LogP contribution in [0.1, 0.15) is 40.0 Å². The summed E-state index contributed by atoms with van der Waals surface area (Å²) in [5, 5.41) is 20.2. The molecule has 1 aliphatic carbocycles. The van der Waals surface area contributed by atoms with Crippen LogP contribution >= 0.6 is 11.3 Å². The smallest absolute Gasteiger partial charge is 0.321 e. The van der Waals surface area contributed by atoms with Gasteiger partial charge in [0.25, 0.3) is 5.91 Å². The minimum atomic E-state index is -0.553. The molecule has 196 valence electrons. The highest BCUT2D eigenvalue weighted by Crippen LogP contribution is 2.32. The second-order valence-electron chi connectivity index (χ2n) is 9.55.